The van der Waals surface area contributed by atoms with Gasteiger partial charge in [0.25, 0.3) is 5.79 Å². The lowest BCUT2D eigenvalue weighted by Gasteiger charge is -2.70. The van der Waals surface area contributed by atoms with Crippen LogP contribution in [0.3, 0.4) is 0 Å². The van der Waals surface area contributed by atoms with Gasteiger partial charge in [0.05, 0.1) is 44.7 Å². The molecule has 284 valence electrons. The zero-order chi connectivity index (χ0) is 36.5. The molecule has 1 saturated heterocycles. The Kier molecular flexibility index (Phi) is 10.1. The average Bonchev–Trinajstić information content (AvgIpc) is 3.10. The predicted molar refractivity (Wildman–Crippen MR) is 199 cm³/mol. The van der Waals surface area contributed by atoms with Gasteiger partial charge in [-0.25, -0.2) is 4.89 Å². The van der Waals surface area contributed by atoms with Crippen LogP contribution in [0.2, 0.25) is 10.0 Å². The maximum Gasteiger partial charge on any atom is 0.260 e. The van der Waals surface area contributed by atoms with Crippen molar-refractivity contribution < 1.29 is 38.9 Å². The Morgan fingerprint density at radius 2 is 1.29 bits per heavy atom. The van der Waals surface area contributed by atoms with Crippen LogP contribution in [0.4, 0.5) is 0 Å². The van der Waals surface area contributed by atoms with E-state index in [2.05, 4.69) is 18.2 Å². The van der Waals surface area contributed by atoms with Crippen molar-refractivity contribution in [2.75, 3.05) is 40.6 Å². The third kappa shape index (κ3) is 5.90. The number of halogens is 2. The fourth-order valence-corrected chi connectivity index (χ4v) is 12.6. The van der Waals surface area contributed by atoms with E-state index in [0.29, 0.717) is 42.8 Å². The first-order valence-electron chi connectivity index (χ1n) is 19.3. The Bertz CT molecular complexity index is 1660. The summed E-state index contributed by atoms with van der Waals surface area (Å²) in [4.78, 5) is 11.8. The van der Waals surface area contributed by atoms with E-state index in [1.807, 2.05) is 32.0 Å². The minimum absolute atomic E-state index is 0.0164. The van der Waals surface area contributed by atoms with Gasteiger partial charge >= 0.3 is 0 Å². The zero-order valence-corrected chi connectivity index (χ0v) is 32.4. The number of hydrogen-bond donors (Lipinski definition) is 2. The van der Waals surface area contributed by atoms with Gasteiger partial charge in [0.2, 0.25) is 0 Å². The summed E-state index contributed by atoms with van der Waals surface area (Å²) in [6, 6.07) is 12.1. The smallest absolute Gasteiger partial charge is 0.260 e. The lowest BCUT2D eigenvalue weighted by molar-refractivity contribution is -0.647. The number of rotatable bonds is 10. The molecule has 5 atom stereocenters. The van der Waals surface area contributed by atoms with Crippen molar-refractivity contribution in [3.05, 3.63) is 74.3 Å². The molecule has 1 spiro atoms. The molecule has 9 aliphatic rings. The number of aliphatic hydroxyl groups excluding tert-OH is 2. The summed E-state index contributed by atoms with van der Waals surface area (Å²) in [5, 5.41) is 20.0. The van der Waals surface area contributed by atoms with Crippen molar-refractivity contribution in [1.29, 1.82) is 0 Å². The molecule has 1 heterocycles. The highest BCUT2D eigenvalue weighted by molar-refractivity contribution is 6.31. The van der Waals surface area contributed by atoms with E-state index in [1.54, 1.807) is 14.2 Å². The molecule has 2 aromatic rings. The minimum Gasteiger partial charge on any atom is -0.496 e. The molecule has 0 amide bonds. The van der Waals surface area contributed by atoms with Crippen LogP contribution < -0.4 is 0 Å². The fourth-order valence-electron chi connectivity index (χ4n) is 12.4. The molecule has 0 radical (unpaired) electrons. The Morgan fingerprint density at radius 3 is 1.79 bits per heavy atom. The third-order valence-electron chi connectivity index (χ3n) is 13.9. The molecule has 10 heteroatoms. The van der Waals surface area contributed by atoms with Gasteiger partial charge in [0.1, 0.15) is 5.76 Å². The van der Waals surface area contributed by atoms with E-state index >= 15 is 0 Å². The van der Waals surface area contributed by atoms with Crippen LogP contribution in [0.1, 0.15) is 86.5 Å². The lowest BCUT2D eigenvalue weighted by atomic mass is 9.45. The van der Waals surface area contributed by atoms with Gasteiger partial charge in [-0.1, -0.05) is 29.3 Å². The quantitative estimate of drug-likeness (QED) is 0.185. The van der Waals surface area contributed by atoms with Crippen molar-refractivity contribution in [1.82, 2.24) is 0 Å². The molecule has 8 aliphatic carbocycles. The van der Waals surface area contributed by atoms with Crippen LogP contribution in [0, 0.1) is 49.4 Å². The highest BCUT2D eigenvalue weighted by atomic mass is 35.5. The molecular weight excluding hydrogens is 703 g/mol. The number of benzene rings is 2. The molecule has 8 saturated carbocycles. The molecule has 2 N–H and O–H groups in total. The van der Waals surface area contributed by atoms with E-state index in [-0.39, 0.29) is 24.4 Å². The normalized spacial score (nSPS) is 39.0. The second-order valence-electron chi connectivity index (χ2n) is 16.9. The highest BCUT2D eigenvalue weighted by Crippen LogP contribution is 2.71. The van der Waals surface area contributed by atoms with E-state index < -0.39 is 11.4 Å². The Labute approximate surface area is 318 Å². The number of aliphatic hydroxyl groups is 2. The predicted octanol–water partition coefficient (Wildman–Crippen LogP) is 8.33. The molecule has 11 rings (SSSR count). The molecule has 9 fully saturated rings. The molecule has 5 unspecified atom stereocenters. The van der Waals surface area contributed by atoms with E-state index in [9.17, 15) is 10.2 Å². The van der Waals surface area contributed by atoms with Gasteiger partial charge in [0.15, 0.2) is 5.60 Å². The van der Waals surface area contributed by atoms with Gasteiger partial charge in [0, 0.05) is 40.1 Å². The van der Waals surface area contributed by atoms with Crippen LogP contribution >= 0.6 is 23.2 Å². The topological polar surface area (TPSA) is 95.8 Å². The van der Waals surface area contributed by atoms with Crippen LogP contribution in [-0.2, 0) is 34.5 Å². The third-order valence-corrected chi connectivity index (χ3v) is 14.7. The zero-order valence-electron chi connectivity index (χ0n) is 30.9. The molecule has 0 aromatic heterocycles. The van der Waals surface area contributed by atoms with Crippen molar-refractivity contribution in [3.8, 4) is 0 Å². The number of hydrogen-bond acceptors (Lipinski definition) is 8. The monoisotopic (exact) mass is 756 g/mol. The van der Waals surface area contributed by atoms with Crippen LogP contribution in [0.15, 0.2) is 42.0 Å². The van der Waals surface area contributed by atoms with Gasteiger partial charge in [-0.15, -0.1) is 0 Å². The van der Waals surface area contributed by atoms with Crippen molar-refractivity contribution in [3.63, 3.8) is 0 Å². The number of allylic oxidation sites excluding steroid dienone is 1. The maximum absolute atomic E-state index is 9.25. The summed E-state index contributed by atoms with van der Waals surface area (Å²) in [7, 11) is 3.49. The number of aryl methyl sites for hydroxylation is 2. The summed E-state index contributed by atoms with van der Waals surface area (Å²) < 4.78 is 24.4. The van der Waals surface area contributed by atoms with E-state index in [0.717, 1.165) is 95.3 Å². The first-order chi connectivity index (χ1) is 25.0. The van der Waals surface area contributed by atoms with Crippen molar-refractivity contribution >= 4 is 29.0 Å². The van der Waals surface area contributed by atoms with Gasteiger partial charge in [-0.05, 0) is 149 Å². The summed E-state index contributed by atoms with van der Waals surface area (Å²) in [5.74, 6) is 3.25. The maximum atomic E-state index is 9.25. The van der Waals surface area contributed by atoms with Crippen LogP contribution in [0.25, 0.3) is 5.76 Å². The highest BCUT2D eigenvalue weighted by Gasteiger charge is 2.78. The van der Waals surface area contributed by atoms with Gasteiger partial charge < -0.3 is 29.2 Å². The summed E-state index contributed by atoms with van der Waals surface area (Å²) >= 11 is 12.5. The van der Waals surface area contributed by atoms with Gasteiger partial charge in [-0.2, -0.15) is 4.89 Å². The van der Waals surface area contributed by atoms with E-state index in [1.165, 1.54) is 18.4 Å². The fraction of sp³-hybridized carbons (Fsp3) is 0.667. The Balaban J connectivity index is 0.000000149. The first kappa shape index (κ1) is 37.2. The van der Waals surface area contributed by atoms with Crippen molar-refractivity contribution in [2.45, 2.75) is 101 Å². The average molecular weight is 758 g/mol. The number of ether oxygens (including phenoxy) is 4. The summed E-state index contributed by atoms with van der Waals surface area (Å²) in [6.45, 7) is 5.08. The Hall–Kier alpha value is -1.72. The SMILES string of the molecule is COC(=C1C2CC3CC1CC(OCCO)(C3)C2)c1ccc(Cl)c(C)c1.COC1(c2ccc(Cl)c(C)c2)OOC12C1CC3CC2CC(OCCO)(C3)C1. The van der Waals surface area contributed by atoms with Crippen LogP contribution in [-0.4, -0.2) is 67.7 Å². The molecule has 8 bridgehead atoms. The first-order valence-corrected chi connectivity index (χ1v) is 20.0. The Morgan fingerprint density at radius 1 is 0.731 bits per heavy atom. The second kappa shape index (κ2) is 14.1. The van der Waals surface area contributed by atoms with E-state index in [4.69, 9.17) is 51.9 Å². The van der Waals surface area contributed by atoms with Crippen LogP contribution in [0.5, 0.6) is 0 Å². The molecule has 2 aromatic carbocycles. The lowest BCUT2D eigenvalue weighted by Crippen LogP contribution is -2.78. The van der Waals surface area contributed by atoms with Crippen molar-refractivity contribution in [2.24, 2.45) is 35.5 Å². The molecular formula is C42H54Cl2O8. The largest absolute Gasteiger partial charge is 0.496 e. The number of methoxy groups -OCH3 is 2. The summed E-state index contributed by atoms with van der Waals surface area (Å²) in [5.41, 5.74) is 5.06. The second-order valence-corrected chi connectivity index (χ2v) is 17.7. The van der Waals surface area contributed by atoms with Gasteiger partial charge in [-0.3, -0.25) is 0 Å². The minimum atomic E-state index is -0.900. The molecule has 52 heavy (non-hydrogen) atoms. The standard InChI is InChI=1S/C21H27ClO5.C21H27ClO3/c1-13-7-15(3-4-18(13)22)21(24-2)20(26-27-21)16-8-14-9-17(20)12-19(10-14,11-16)25-6-5-23;1-13-7-15(3-4-18(13)22)20(24-2)19-16-8-14-9-17(19)12-21(10-14,11-16)25-6-5-23/h3-4,7,14,16-17,23H,5-6,8-12H2,1-2H3;3-4,7,14,16-17,23H,5-6,8-12H2,1-2H3. The summed E-state index contributed by atoms with van der Waals surface area (Å²) in [6.07, 6.45) is 11.0. The molecule has 1 aliphatic heterocycles. The molecule has 8 nitrogen and oxygen atoms in total.